The van der Waals surface area contributed by atoms with Crippen molar-refractivity contribution in [3.8, 4) is 5.75 Å². The number of fused-ring (bicyclic) bond motifs is 2. The maximum absolute atomic E-state index is 14.2. The quantitative estimate of drug-likeness (QED) is 0.700. The van der Waals surface area contributed by atoms with Crippen LogP contribution < -0.4 is 20.7 Å². The fraction of sp³-hybridized carbons (Fsp3) is 0.333. The fourth-order valence-corrected chi connectivity index (χ4v) is 3.75. The standard InChI is InChI=1S/C21H20F3N3O3/c22-10-21(11-23)9-17(14-2-1-3-15(24)19(14)30-21)27-20(29)25-13-6-4-12-5-7-18(28)26-16(12)8-13/h1-4,6,8,17H,5,7,9-11H2,(H,26,28)(H2,25,27,29)/t17-/m1/s1. The summed E-state index contributed by atoms with van der Waals surface area (Å²) in [7, 11) is 0. The Morgan fingerprint density at radius 3 is 2.77 bits per heavy atom. The Balaban J connectivity index is 1.53. The number of rotatable bonds is 4. The summed E-state index contributed by atoms with van der Waals surface area (Å²) in [4.78, 5) is 24.1. The molecular weight excluding hydrogens is 399 g/mol. The van der Waals surface area contributed by atoms with Gasteiger partial charge < -0.3 is 20.7 Å². The number of hydrogen-bond donors (Lipinski definition) is 3. The summed E-state index contributed by atoms with van der Waals surface area (Å²) >= 11 is 0. The third kappa shape index (κ3) is 3.79. The van der Waals surface area contributed by atoms with Crippen molar-refractivity contribution in [2.45, 2.75) is 30.9 Å². The first-order chi connectivity index (χ1) is 14.4. The zero-order chi connectivity index (χ0) is 21.3. The average molecular weight is 419 g/mol. The number of benzene rings is 2. The summed E-state index contributed by atoms with van der Waals surface area (Å²) in [6.45, 7) is -2.33. The van der Waals surface area contributed by atoms with Crippen LogP contribution in [0.15, 0.2) is 36.4 Å². The molecule has 1 atom stereocenters. The van der Waals surface area contributed by atoms with Gasteiger partial charge in [0.2, 0.25) is 5.91 Å². The molecule has 0 radical (unpaired) electrons. The molecule has 0 bridgehead atoms. The summed E-state index contributed by atoms with van der Waals surface area (Å²) in [5.74, 6) is -1.12. The SMILES string of the molecule is O=C1CCc2ccc(NC(=O)N[C@@H]3CC(CF)(CF)Oc4c(F)cccc43)cc2N1. The van der Waals surface area contributed by atoms with Gasteiger partial charge in [-0.2, -0.15) is 0 Å². The van der Waals surface area contributed by atoms with Crippen LogP contribution in [0.5, 0.6) is 5.75 Å². The molecule has 3 N–H and O–H groups in total. The monoisotopic (exact) mass is 419 g/mol. The molecule has 30 heavy (non-hydrogen) atoms. The Kier molecular flexibility index (Phi) is 5.27. The molecule has 9 heteroatoms. The third-order valence-corrected chi connectivity index (χ3v) is 5.32. The molecule has 0 unspecified atom stereocenters. The Morgan fingerprint density at radius 1 is 1.20 bits per heavy atom. The minimum atomic E-state index is -1.86. The molecule has 0 saturated carbocycles. The molecule has 2 heterocycles. The predicted octanol–water partition coefficient (Wildman–Crippen LogP) is 4.03. The second kappa shape index (κ2) is 7.89. The van der Waals surface area contributed by atoms with Crippen molar-refractivity contribution in [3.05, 3.63) is 53.3 Å². The van der Waals surface area contributed by atoms with Gasteiger partial charge in [-0.1, -0.05) is 18.2 Å². The number of para-hydroxylation sites is 1. The number of nitrogens with one attached hydrogen (secondary N) is 3. The van der Waals surface area contributed by atoms with Crippen molar-refractivity contribution >= 4 is 23.3 Å². The summed E-state index contributed by atoms with van der Waals surface area (Å²) in [6.07, 6.45) is 0.835. The highest BCUT2D eigenvalue weighted by Gasteiger charge is 2.43. The highest BCUT2D eigenvalue weighted by atomic mass is 19.1. The van der Waals surface area contributed by atoms with E-state index < -0.39 is 36.8 Å². The summed E-state index contributed by atoms with van der Waals surface area (Å²) in [5.41, 5.74) is 0.465. The molecule has 0 spiro atoms. The van der Waals surface area contributed by atoms with Crippen LogP contribution >= 0.6 is 0 Å². The molecule has 2 aliphatic heterocycles. The second-order valence-corrected chi connectivity index (χ2v) is 7.49. The smallest absolute Gasteiger partial charge is 0.319 e. The number of ether oxygens (including phenoxy) is 1. The Hall–Kier alpha value is -3.23. The van der Waals surface area contributed by atoms with Gasteiger partial charge in [0.25, 0.3) is 0 Å². The van der Waals surface area contributed by atoms with E-state index in [1.807, 2.05) is 0 Å². The molecule has 6 nitrogen and oxygen atoms in total. The first-order valence-electron chi connectivity index (χ1n) is 9.53. The molecule has 3 amide bonds. The van der Waals surface area contributed by atoms with Crippen LogP contribution in [0.1, 0.15) is 30.0 Å². The first-order valence-corrected chi connectivity index (χ1v) is 9.53. The van der Waals surface area contributed by atoms with E-state index in [2.05, 4.69) is 16.0 Å². The van der Waals surface area contributed by atoms with Crippen LogP contribution in [0.4, 0.5) is 29.3 Å². The normalized spacial score (nSPS) is 19.0. The van der Waals surface area contributed by atoms with Gasteiger partial charge >= 0.3 is 6.03 Å². The van der Waals surface area contributed by atoms with Crippen LogP contribution in [-0.4, -0.2) is 30.9 Å². The van der Waals surface area contributed by atoms with Crippen molar-refractivity contribution in [3.63, 3.8) is 0 Å². The van der Waals surface area contributed by atoms with Crippen molar-refractivity contribution in [2.75, 3.05) is 24.0 Å². The third-order valence-electron chi connectivity index (χ3n) is 5.32. The molecule has 2 aliphatic rings. The van der Waals surface area contributed by atoms with Gasteiger partial charge in [-0.05, 0) is 30.2 Å². The zero-order valence-electron chi connectivity index (χ0n) is 15.9. The van der Waals surface area contributed by atoms with Gasteiger partial charge in [-0.15, -0.1) is 0 Å². The average Bonchev–Trinajstić information content (AvgIpc) is 2.74. The Labute approximate surface area is 170 Å². The topological polar surface area (TPSA) is 79.5 Å². The highest BCUT2D eigenvalue weighted by Crippen LogP contribution is 2.41. The second-order valence-electron chi connectivity index (χ2n) is 7.49. The minimum Gasteiger partial charge on any atom is -0.478 e. The van der Waals surface area contributed by atoms with Gasteiger partial charge in [-0.3, -0.25) is 4.79 Å². The number of amides is 3. The summed E-state index contributed by atoms with van der Waals surface area (Å²) in [6, 6.07) is 7.76. The largest absolute Gasteiger partial charge is 0.478 e. The zero-order valence-corrected chi connectivity index (χ0v) is 15.9. The van der Waals surface area contributed by atoms with E-state index in [1.54, 1.807) is 18.2 Å². The van der Waals surface area contributed by atoms with E-state index in [9.17, 15) is 22.8 Å². The molecule has 0 fully saturated rings. The fourth-order valence-electron chi connectivity index (χ4n) is 3.75. The highest BCUT2D eigenvalue weighted by molar-refractivity contribution is 5.96. The number of hydrogen-bond acceptors (Lipinski definition) is 3. The predicted molar refractivity (Wildman–Crippen MR) is 105 cm³/mol. The minimum absolute atomic E-state index is 0.0984. The van der Waals surface area contributed by atoms with Gasteiger partial charge in [0.05, 0.1) is 6.04 Å². The molecule has 0 saturated heterocycles. The van der Waals surface area contributed by atoms with Crippen molar-refractivity contribution in [2.24, 2.45) is 0 Å². The van der Waals surface area contributed by atoms with Crippen molar-refractivity contribution < 1.29 is 27.5 Å². The number of alkyl halides is 2. The Bertz CT molecular complexity index is 995. The molecule has 158 valence electrons. The number of anilines is 2. The van der Waals surface area contributed by atoms with E-state index in [-0.39, 0.29) is 18.1 Å². The molecule has 4 rings (SSSR count). The van der Waals surface area contributed by atoms with Gasteiger partial charge in [0.1, 0.15) is 13.3 Å². The van der Waals surface area contributed by atoms with Gasteiger partial charge in [-0.25, -0.2) is 18.0 Å². The summed E-state index contributed by atoms with van der Waals surface area (Å²) < 4.78 is 46.6. The lowest BCUT2D eigenvalue weighted by atomic mass is 9.88. The lowest BCUT2D eigenvalue weighted by molar-refractivity contribution is -0.116. The van der Waals surface area contributed by atoms with Crippen molar-refractivity contribution in [1.82, 2.24) is 5.32 Å². The first kappa shape index (κ1) is 20.1. The molecular formula is C21H20F3N3O3. The number of aryl methyl sites for hydroxylation is 1. The number of carbonyl (C=O) groups excluding carboxylic acids is 2. The summed E-state index contributed by atoms with van der Waals surface area (Å²) in [5, 5.41) is 8.03. The molecule has 0 aromatic heterocycles. The van der Waals surface area contributed by atoms with E-state index in [0.29, 0.717) is 29.8 Å². The maximum Gasteiger partial charge on any atom is 0.319 e. The lowest BCUT2D eigenvalue weighted by Crippen LogP contribution is -2.49. The Morgan fingerprint density at radius 2 is 2.00 bits per heavy atom. The molecule has 2 aromatic carbocycles. The van der Waals surface area contributed by atoms with E-state index in [4.69, 9.17) is 4.74 Å². The van der Waals surface area contributed by atoms with E-state index in [1.165, 1.54) is 12.1 Å². The lowest BCUT2D eigenvalue weighted by Gasteiger charge is -2.39. The number of carbonyl (C=O) groups is 2. The van der Waals surface area contributed by atoms with Crippen LogP contribution in [0, 0.1) is 5.82 Å². The van der Waals surface area contributed by atoms with Crippen LogP contribution in [0.3, 0.4) is 0 Å². The van der Waals surface area contributed by atoms with Gasteiger partial charge in [0.15, 0.2) is 17.2 Å². The maximum atomic E-state index is 14.2. The molecule has 0 aliphatic carbocycles. The van der Waals surface area contributed by atoms with E-state index >= 15 is 0 Å². The van der Waals surface area contributed by atoms with Gasteiger partial charge in [0, 0.05) is 29.8 Å². The molecule has 2 aromatic rings. The number of halogens is 3. The number of urea groups is 1. The van der Waals surface area contributed by atoms with Crippen molar-refractivity contribution in [1.29, 1.82) is 0 Å². The van der Waals surface area contributed by atoms with E-state index in [0.717, 1.165) is 11.6 Å². The van der Waals surface area contributed by atoms with Crippen LogP contribution in [0.2, 0.25) is 0 Å². The van der Waals surface area contributed by atoms with Crippen LogP contribution in [0.25, 0.3) is 0 Å². The van der Waals surface area contributed by atoms with Crippen LogP contribution in [-0.2, 0) is 11.2 Å².